The number of hydrogen-bond donors (Lipinski definition) is 1. The molecule has 0 spiro atoms. The summed E-state index contributed by atoms with van der Waals surface area (Å²) in [6, 6.07) is 12.8. The highest BCUT2D eigenvalue weighted by Crippen LogP contribution is 2.42. The van der Waals surface area contributed by atoms with Crippen LogP contribution in [0.15, 0.2) is 36.4 Å². The Labute approximate surface area is 130 Å². The molecule has 0 amide bonds. The summed E-state index contributed by atoms with van der Waals surface area (Å²) in [7, 11) is 0. The van der Waals surface area contributed by atoms with Crippen LogP contribution in [0.25, 0.3) is 0 Å². The maximum absolute atomic E-state index is 6.12. The number of benzene rings is 1. The van der Waals surface area contributed by atoms with Crippen LogP contribution in [0.2, 0.25) is 5.15 Å². The Hall–Kier alpha value is -1.61. The average molecular weight is 302 g/mol. The van der Waals surface area contributed by atoms with Gasteiger partial charge >= 0.3 is 0 Å². The minimum Gasteiger partial charge on any atom is -0.367 e. The van der Waals surface area contributed by atoms with E-state index in [9.17, 15) is 0 Å². The maximum atomic E-state index is 6.12. The van der Waals surface area contributed by atoms with Crippen LogP contribution in [0.4, 0.5) is 5.82 Å². The normalized spacial score (nSPS) is 21.1. The zero-order valence-corrected chi connectivity index (χ0v) is 13.4. The number of anilines is 1. The quantitative estimate of drug-likeness (QED) is 0.854. The fourth-order valence-electron chi connectivity index (χ4n) is 2.44. The first kappa shape index (κ1) is 14.3. The maximum Gasteiger partial charge on any atom is 0.137 e. The van der Waals surface area contributed by atoms with Crippen molar-refractivity contribution >= 4 is 17.4 Å². The predicted octanol–water partition coefficient (Wildman–Crippen LogP) is 4.40. The molecule has 110 valence electrons. The van der Waals surface area contributed by atoms with Gasteiger partial charge in [0.25, 0.3) is 0 Å². The molecule has 21 heavy (non-hydrogen) atoms. The number of rotatable bonds is 3. The largest absolute Gasteiger partial charge is 0.367 e. The van der Waals surface area contributed by atoms with Crippen molar-refractivity contribution in [2.45, 2.75) is 44.6 Å². The van der Waals surface area contributed by atoms with Crippen LogP contribution in [0, 0.1) is 0 Å². The Morgan fingerprint density at radius 3 is 2.52 bits per heavy atom. The molecule has 1 aliphatic carbocycles. The molecular formula is C17H20ClN3. The van der Waals surface area contributed by atoms with Gasteiger partial charge in [0.1, 0.15) is 16.8 Å². The van der Waals surface area contributed by atoms with E-state index in [2.05, 4.69) is 60.3 Å². The topological polar surface area (TPSA) is 37.8 Å². The van der Waals surface area contributed by atoms with Gasteiger partial charge in [-0.15, -0.1) is 0 Å². The van der Waals surface area contributed by atoms with Crippen molar-refractivity contribution < 1.29 is 0 Å². The van der Waals surface area contributed by atoms with Gasteiger partial charge in [-0.1, -0.05) is 62.7 Å². The van der Waals surface area contributed by atoms with Crippen LogP contribution < -0.4 is 5.32 Å². The van der Waals surface area contributed by atoms with Gasteiger partial charge in [-0.25, -0.2) is 9.97 Å². The minimum absolute atomic E-state index is 0.107. The lowest BCUT2D eigenvalue weighted by molar-refractivity contribution is 0.546. The van der Waals surface area contributed by atoms with E-state index in [4.69, 9.17) is 11.6 Å². The first-order valence-electron chi connectivity index (χ1n) is 7.30. The third-order valence-corrected chi connectivity index (χ3v) is 3.91. The van der Waals surface area contributed by atoms with E-state index >= 15 is 0 Å². The molecule has 0 radical (unpaired) electrons. The van der Waals surface area contributed by atoms with Gasteiger partial charge in [0.2, 0.25) is 0 Å². The number of nitrogens with zero attached hydrogens (tertiary/aromatic N) is 2. The number of nitrogens with one attached hydrogen (secondary N) is 1. The van der Waals surface area contributed by atoms with Gasteiger partial charge in [-0.3, -0.25) is 0 Å². The lowest BCUT2D eigenvalue weighted by Gasteiger charge is -2.18. The zero-order valence-electron chi connectivity index (χ0n) is 12.6. The molecule has 1 aliphatic rings. The first-order valence-corrected chi connectivity index (χ1v) is 7.68. The van der Waals surface area contributed by atoms with E-state index < -0.39 is 0 Å². The average Bonchev–Trinajstić information content (AvgIpc) is 3.17. The van der Waals surface area contributed by atoms with Crippen LogP contribution in [0.3, 0.4) is 0 Å². The van der Waals surface area contributed by atoms with Crippen LogP contribution in [0.5, 0.6) is 0 Å². The number of halogens is 1. The highest BCUT2D eigenvalue weighted by Gasteiger charge is 2.38. The van der Waals surface area contributed by atoms with E-state index in [1.807, 2.05) is 6.07 Å². The van der Waals surface area contributed by atoms with Crippen molar-refractivity contribution in [3.05, 3.63) is 52.9 Å². The monoisotopic (exact) mass is 301 g/mol. The predicted molar refractivity (Wildman–Crippen MR) is 87.0 cm³/mol. The summed E-state index contributed by atoms with van der Waals surface area (Å²) >= 11 is 6.12. The molecular weight excluding hydrogens is 282 g/mol. The molecule has 3 rings (SSSR count). The van der Waals surface area contributed by atoms with E-state index in [1.54, 1.807) is 6.07 Å². The summed E-state index contributed by atoms with van der Waals surface area (Å²) in [5.41, 5.74) is 1.27. The molecule has 0 bridgehead atoms. The van der Waals surface area contributed by atoms with Crippen molar-refractivity contribution in [2.24, 2.45) is 0 Å². The van der Waals surface area contributed by atoms with E-state index in [1.165, 1.54) is 5.56 Å². The van der Waals surface area contributed by atoms with Crippen LogP contribution in [-0.2, 0) is 5.41 Å². The summed E-state index contributed by atoms with van der Waals surface area (Å²) in [5.74, 6) is 2.16. The Morgan fingerprint density at radius 2 is 1.86 bits per heavy atom. The van der Waals surface area contributed by atoms with Crippen molar-refractivity contribution in [1.82, 2.24) is 9.97 Å². The Balaban J connectivity index is 1.74. The van der Waals surface area contributed by atoms with Gasteiger partial charge in [0, 0.05) is 23.4 Å². The Kier molecular flexibility index (Phi) is 3.62. The fraction of sp³-hybridized carbons (Fsp3) is 0.412. The van der Waals surface area contributed by atoms with Crippen LogP contribution >= 0.6 is 11.6 Å². The molecule has 2 aromatic rings. The molecule has 1 saturated carbocycles. The first-order chi connectivity index (χ1) is 9.93. The van der Waals surface area contributed by atoms with Crippen LogP contribution in [-0.4, -0.2) is 16.0 Å². The van der Waals surface area contributed by atoms with Gasteiger partial charge in [0.05, 0.1) is 0 Å². The highest BCUT2D eigenvalue weighted by molar-refractivity contribution is 6.29. The molecule has 1 heterocycles. The molecule has 1 aromatic carbocycles. The zero-order chi connectivity index (χ0) is 15.0. The molecule has 1 N–H and O–H groups in total. The molecule has 0 aliphatic heterocycles. The Morgan fingerprint density at radius 1 is 1.14 bits per heavy atom. The highest BCUT2D eigenvalue weighted by atomic mass is 35.5. The van der Waals surface area contributed by atoms with Gasteiger partial charge in [0.15, 0.2) is 0 Å². The van der Waals surface area contributed by atoms with E-state index in [0.29, 0.717) is 17.1 Å². The standard InChI is InChI=1S/C17H20ClN3/c1-17(2,3)16-20-14(18)10-15(21-16)19-13-9-12(13)11-7-5-4-6-8-11/h4-8,10,12-13H,9H2,1-3H3,(H,19,20,21). The summed E-state index contributed by atoms with van der Waals surface area (Å²) in [5, 5.41) is 3.98. The second-order valence-electron chi connectivity index (χ2n) is 6.65. The molecule has 2 atom stereocenters. The van der Waals surface area contributed by atoms with Gasteiger partial charge in [-0.05, 0) is 12.0 Å². The summed E-state index contributed by atoms with van der Waals surface area (Å²) < 4.78 is 0. The van der Waals surface area contributed by atoms with Crippen LogP contribution in [0.1, 0.15) is 44.5 Å². The van der Waals surface area contributed by atoms with Crippen molar-refractivity contribution in [1.29, 1.82) is 0 Å². The van der Waals surface area contributed by atoms with Gasteiger partial charge in [-0.2, -0.15) is 0 Å². The lowest BCUT2D eigenvalue weighted by atomic mass is 9.96. The van der Waals surface area contributed by atoms with E-state index in [-0.39, 0.29) is 5.41 Å². The summed E-state index contributed by atoms with van der Waals surface area (Å²) in [6.07, 6.45) is 1.14. The Bertz CT molecular complexity index is 634. The number of hydrogen-bond acceptors (Lipinski definition) is 3. The molecule has 4 heteroatoms. The van der Waals surface area contributed by atoms with Gasteiger partial charge < -0.3 is 5.32 Å². The van der Waals surface area contributed by atoms with Crippen molar-refractivity contribution in [2.75, 3.05) is 5.32 Å². The third-order valence-electron chi connectivity index (χ3n) is 3.72. The smallest absolute Gasteiger partial charge is 0.137 e. The summed E-state index contributed by atoms with van der Waals surface area (Å²) in [4.78, 5) is 8.93. The third kappa shape index (κ3) is 3.35. The molecule has 0 saturated heterocycles. The number of aromatic nitrogens is 2. The van der Waals surface area contributed by atoms with E-state index in [0.717, 1.165) is 18.1 Å². The molecule has 1 fully saturated rings. The second kappa shape index (κ2) is 5.30. The lowest BCUT2D eigenvalue weighted by Crippen LogP contribution is -2.18. The SMILES string of the molecule is CC(C)(C)c1nc(Cl)cc(NC2CC2c2ccccc2)n1. The molecule has 2 unspecified atom stereocenters. The van der Waals surface area contributed by atoms with Crippen molar-refractivity contribution in [3.63, 3.8) is 0 Å². The minimum atomic E-state index is -0.107. The summed E-state index contributed by atoms with van der Waals surface area (Å²) in [6.45, 7) is 6.27. The van der Waals surface area contributed by atoms with Crippen molar-refractivity contribution in [3.8, 4) is 0 Å². The molecule has 1 aromatic heterocycles. The fourth-order valence-corrected chi connectivity index (χ4v) is 2.62. The molecule has 3 nitrogen and oxygen atoms in total. The second-order valence-corrected chi connectivity index (χ2v) is 7.04.